The lowest BCUT2D eigenvalue weighted by Gasteiger charge is -2.18. The molecule has 2 rings (SSSR count). The molecule has 0 radical (unpaired) electrons. The number of hydrogen-bond donors (Lipinski definition) is 1. The van der Waals surface area contributed by atoms with Crippen LogP contribution in [0.3, 0.4) is 0 Å². The Balaban J connectivity index is 2.00. The summed E-state index contributed by atoms with van der Waals surface area (Å²) in [7, 11) is 0. The van der Waals surface area contributed by atoms with Crippen molar-refractivity contribution < 1.29 is 0 Å². The van der Waals surface area contributed by atoms with Gasteiger partial charge in [-0.05, 0) is 24.3 Å². The van der Waals surface area contributed by atoms with Crippen LogP contribution in [0.2, 0.25) is 0 Å². The van der Waals surface area contributed by atoms with E-state index < -0.39 is 0 Å². The second-order valence-corrected chi connectivity index (χ2v) is 5.13. The molecule has 14 heavy (non-hydrogen) atoms. The number of hydrogen-bond acceptors (Lipinski definition) is 4. The zero-order chi connectivity index (χ0) is 9.80. The zero-order valence-electron chi connectivity index (χ0n) is 8.19. The van der Waals surface area contributed by atoms with Crippen molar-refractivity contribution in [2.45, 2.75) is 25.8 Å². The van der Waals surface area contributed by atoms with Crippen molar-refractivity contribution in [3.63, 3.8) is 0 Å². The fourth-order valence-corrected chi connectivity index (χ4v) is 2.97. The van der Waals surface area contributed by atoms with E-state index in [9.17, 15) is 0 Å². The molecule has 0 aromatic carbocycles. The Morgan fingerprint density at radius 1 is 1.64 bits per heavy atom. The molecule has 1 aromatic rings. The molecule has 4 heteroatoms. The summed E-state index contributed by atoms with van der Waals surface area (Å²) >= 11 is 3.53. The van der Waals surface area contributed by atoms with Crippen LogP contribution in [0, 0.1) is 0 Å². The van der Waals surface area contributed by atoms with Crippen LogP contribution in [-0.4, -0.2) is 17.0 Å². The molecular formula is C10H14N2S2. The van der Waals surface area contributed by atoms with Gasteiger partial charge in [-0.15, -0.1) is 0 Å². The summed E-state index contributed by atoms with van der Waals surface area (Å²) in [4.78, 5) is 4.65. The van der Waals surface area contributed by atoms with Crippen LogP contribution >= 0.6 is 23.1 Å². The summed E-state index contributed by atoms with van der Waals surface area (Å²) in [6, 6.07) is 2.61. The number of thioether (sulfide) groups is 1. The molecule has 1 aliphatic heterocycles. The van der Waals surface area contributed by atoms with E-state index in [1.54, 1.807) is 11.3 Å². The molecule has 2 heterocycles. The second kappa shape index (κ2) is 4.84. The number of thiophene rings is 1. The minimum atomic E-state index is 0.525. The van der Waals surface area contributed by atoms with Crippen LogP contribution in [0.5, 0.6) is 0 Å². The number of nitrogens with zero attached hydrogens (tertiary/aromatic N) is 1. The van der Waals surface area contributed by atoms with Crippen LogP contribution in [0.4, 0.5) is 5.69 Å². The highest BCUT2D eigenvalue weighted by molar-refractivity contribution is 8.14. The molecule has 0 spiro atoms. The van der Waals surface area contributed by atoms with Crippen molar-refractivity contribution in [3.8, 4) is 0 Å². The number of anilines is 1. The van der Waals surface area contributed by atoms with Gasteiger partial charge in [0.25, 0.3) is 0 Å². The molecule has 0 bridgehead atoms. The van der Waals surface area contributed by atoms with Crippen LogP contribution in [0.1, 0.15) is 19.8 Å². The molecule has 1 aliphatic rings. The number of nitrogens with one attached hydrogen (secondary N) is 1. The summed E-state index contributed by atoms with van der Waals surface area (Å²) in [5, 5.41) is 8.62. The number of aliphatic imine (C=N–C) groups is 1. The van der Waals surface area contributed by atoms with E-state index in [2.05, 4.69) is 34.1 Å². The van der Waals surface area contributed by atoms with Crippen molar-refractivity contribution in [2.75, 3.05) is 11.1 Å². The first-order chi connectivity index (χ1) is 6.88. The van der Waals surface area contributed by atoms with Crippen LogP contribution < -0.4 is 5.32 Å². The topological polar surface area (TPSA) is 24.4 Å². The van der Waals surface area contributed by atoms with Crippen LogP contribution in [-0.2, 0) is 0 Å². The first-order valence-electron chi connectivity index (χ1n) is 4.88. The largest absolute Gasteiger partial charge is 0.334 e. The van der Waals surface area contributed by atoms with Crippen LogP contribution in [0.25, 0.3) is 0 Å². The van der Waals surface area contributed by atoms with Crippen LogP contribution in [0.15, 0.2) is 21.8 Å². The summed E-state index contributed by atoms with van der Waals surface area (Å²) in [5.41, 5.74) is 1.16. The van der Waals surface area contributed by atoms with Crippen molar-refractivity contribution in [1.29, 1.82) is 0 Å². The summed E-state index contributed by atoms with van der Waals surface area (Å²) in [5.74, 6) is 1.19. The van der Waals surface area contributed by atoms with Gasteiger partial charge in [0.15, 0.2) is 5.17 Å². The highest BCUT2D eigenvalue weighted by atomic mass is 32.2. The Morgan fingerprint density at radius 2 is 2.57 bits per heavy atom. The average Bonchev–Trinajstić information content (AvgIpc) is 2.71. The SMILES string of the molecule is CCC1CCSC(Nc2ccsc2)=N1. The minimum absolute atomic E-state index is 0.525. The van der Waals surface area contributed by atoms with Crippen molar-refractivity contribution in [2.24, 2.45) is 4.99 Å². The normalized spacial score (nSPS) is 21.8. The molecule has 1 unspecified atom stereocenters. The van der Waals surface area contributed by atoms with Gasteiger partial charge in [-0.3, -0.25) is 4.99 Å². The Labute approximate surface area is 92.8 Å². The third-order valence-corrected chi connectivity index (χ3v) is 3.84. The van der Waals surface area contributed by atoms with E-state index in [4.69, 9.17) is 0 Å². The highest BCUT2D eigenvalue weighted by Gasteiger charge is 2.13. The standard InChI is InChI=1S/C10H14N2S2/c1-2-8-4-6-14-10(11-8)12-9-3-5-13-7-9/h3,5,7-8H,2,4,6H2,1H3,(H,11,12). The van der Waals surface area contributed by atoms with Gasteiger partial charge >= 0.3 is 0 Å². The van der Waals surface area contributed by atoms with E-state index in [1.165, 1.54) is 12.2 Å². The highest BCUT2D eigenvalue weighted by Crippen LogP contribution is 2.22. The predicted molar refractivity (Wildman–Crippen MR) is 66.5 cm³/mol. The predicted octanol–water partition coefficient (Wildman–Crippen LogP) is 3.43. The Kier molecular flexibility index (Phi) is 3.48. The van der Waals surface area contributed by atoms with E-state index in [-0.39, 0.29) is 0 Å². The first kappa shape index (κ1) is 10.1. The molecule has 1 N–H and O–H groups in total. The van der Waals surface area contributed by atoms with Crippen molar-refractivity contribution in [1.82, 2.24) is 0 Å². The Hall–Kier alpha value is -0.480. The second-order valence-electron chi connectivity index (χ2n) is 3.27. The summed E-state index contributed by atoms with van der Waals surface area (Å²) in [6.45, 7) is 2.20. The maximum absolute atomic E-state index is 4.65. The molecule has 0 fully saturated rings. The van der Waals surface area contributed by atoms with Gasteiger partial charge in [-0.2, -0.15) is 11.3 Å². The van der Waals surface area contributed by atoms with Gasteiger partial charge in [0, 0.05) is 11.1 Å². The molecule has 0 saturated heterocycles. The van der Waals surface area contributed by atoms with E-state index in [1.807, 2.05) is 11.8 Å². The maximum Gasteiger partial charge on any atom is 0.161 e. The van der Waals surface area contributed by atoms with Crippen molar-refractivity contribution >= 4 is 34.0 Å². The van der Waals surface area contributed by atoms with Gasteiger partial charge in [0.05, 0.1) is 11.7 Å². The lowest BCUT2D eigenvalue weighted by molar-refractivity contribution is 0.634. The minimum Gasteiger partial charge on any atom is -0.334 e. The van der Waals surface area contributed by atoms with E-state index >= 15 is 0 Å². The lowest BCUT2D eigenvalue weighted by atomic mass is 10.2. The smallest absolute Gasteiger partial charge is 0.161 e. The average molecular weight is 226 g/mol. The fourth-order valence-electron chi connectivity index (χ4n) is 1.38. The molecule has 0 amide bonds. The molecule has 2 nitrogen and oxygen atoms in total. The molecular weight excluding hydrogens is 212 g/mol. The lowest BCUT2D eigenvalue weighted by Crippen LogP contribution is -2.19. The fraction of sp³-hybridized carbons (Fsp3) is 0.500. The zero-order valence-corrected chi connectivity index (χ0v) is 9.83. The van der Waals surface area contributed by atoms with Crippen molar-refractivity contribution in [3.05, 3.63) is 16.8 Å². The summed E-state index contributed by atoms with van der Waals surface area (Å²) in [6.07, 6.45) is 2.37. The monoisotopic (exact) mass is 226 g/mol. The Bertz CT molecular complexity index is 306. The van der Waals surface area contributed by atoms with Gasteiger partial charge < -0.3 is 5.32 Å². The number of amidine groups is 1. The Morgan fingerprint density at radius 3 is 3.29 bits per heavy atom. The maximum atomic E-state index is 4.65. The number of rotatable bonds is 2. The molecule has 1 atom stereocenters. The molecule has 0 aliphatic carbocycles. The molecule has 1 aromatic heterocycles. The van der Waals surface area contributed by atoms with E-state index in [0.29, 0.717) is 6.04 Å². The third kappa shape index (κ3) is 2.51. The summed E-state index contributed by atoms with van der Waals surface area (Å²) < 4.78 is 0. The van der Waals surface area contributed by atoms with E-state index in [0.717, 1.165) is 17.3 Å². The first-order valence-corrected chi connectivity index (χ1v) is 6.81. The third-order valence-electron chi connectivity index (χ3n) is 2.23. The van der Waals surface area contributed by atoms with Gasteiger partial charge in [0.1, 0.15) is 0 Å². The van der Waals surface area contributed by atoms with Gasteiger partial charge in [-0.1, -0.05) is 18.7 Å². The van der Waals surface area contributed by atoms with Gasteiger partial charge in [-0.25, -0.2) is 0 Å². The quantitative estimate of drug-likeness (QED) is 0.835. The van der Waals surface area contributed by atoms with Gasteiger partial charge in [0.2, 0.25) is 0 Å². The molecule has 76 valence electrons. The molecule has 0 saturated carbocycles.